The third kappa shape index (κ3) is 20.3. The lowest BCUT2D eigenvalue weighted by Gasteiger charge is -2.49. The van der Waals surface area contributed by atoms with Crippen LogP contribution in [0.2, 0.25) is 0 Å². The molecule has 0 bridgehead atoms. The number of unbranched alkanes of at least 4 members (excludes halogenated alkanes) is 6. The van der Waals surface area contributed by atoms with Crippen molar-refractivity contribution >= 4 is 6.09 Å². The van der Waals surface area contributed by atoms with Crippen LogP contribution in [0.4, 0.5) is 4.79 Å². The second kappa shape index (κ2) is 34.5. The van der Waals surface area contributed by atoms with E-state index in [0.717, 1.165) is 88.2 Å². The zero-order chi connectivity index (χ0) is 47.9. The maximum absolute atomic E-state index is 13.7. The molecular formula is C53H87NO13. The minimum Gasteiger partial charge on any atom is -0.445 e. The van der Waals surface area contributed by atoms with Crippen LogP contribution in [0.25, 0.3) is 0 Å². The Morgan fingerprint density at radius 2 is 0.985 bits per heavy atom. The zero-order valence-electron chi connectivity index (χ0n) is 41.8. The molecule has 4 unspecified atom stereocenters. The van der Waals surface area contributed by atoms with Crippen LogP contribution >= 0.6 is 0 Å². The molecule has 2 aliphatic heterocycles. The monoisotopic (exact) mass is 946 g/mol. The maximum atomic E-state index is 13.7. The molecule has 2 aromatic carbocycles. The predicted octanol–water partition coefficient (Wildman–Crippen LogP) is 9.41. The standard InChI is InChI=1S/C53H87NO13/c1-7-13-30-57-39-43-45(55)47(59-32-15-9-3)49(61-34-17-11-5)52(65-43)67-46-44(40-58-31-14-8-2)66-51(50(62-35-18-12-6)48(46)60-33-16-10-4)63-36-29-54(37-41-25-21-19-22-26-41)53(56)64-38-42-27-23-20-24-28-42/h19-28,43-52,55H,7-18,29-40H2,1-6H3/t43?,44?,45-,46+,47+,48+,49?,50?,51+,52-/m1/s1. The van der Waals surface area contributed by atoms with Crippen LogP contribution in [-0.2, 0) is 65.3 Å². The summed E-state index contributed by atoms with van der Waals surface area (Å²) in [5.41, 5.74) is 1.86. The van der Waals surface area contributed by atoms with E-state index in [0.29, 0.717) is 46.2 Å². The molecule has 2 saturated heterocycles. The number of rotatable bonds is 36. The summed E-state index contributed by atoms with van der Waals surface area (Å²) in [5.74, 6) is 0. The fraction of sp³-hybridized carbons (Fsp3) is 0.755. The molecule has 1 amide bonds. The van der Waals surface area contributed by atoms with Gasteiger partial charge in [0.2, 0.25) is 0 Å². The fourth-order valence-corrected chi connectivity index (χ4v) is 7.81. The summed E-state index contributed by atoms with van der Waals surface area (Å²) >= 11 is 0. The van der Waals surface area contributed by atoms with Gasteiger partial charge in [-0.1, -0.05) is 141 Å². The smallest absolute Gasteiger partial charge is 0.410 e. The van der Waals surface area contributed by atoms with Crippen molar-refractivity contribution < 1.29 is 62.0 Å². The lowest BCUT2D eigenvalue weighted by Crippen LogP contribution is -2.66. The van der Waals surface area contributed by atoms with Gasteiger partial charge in [-0.3, -0.25) is 0 Å². The van der Waals surface area contributed by atoms with E-state index >= 15 is 0 Å². The Morgan fingerprint density at radius 1 is 0.522 bits per heavy atom. The van der Waals surface area contributed by atoms with Crippen LogP contribution in [-0.4, -0.2) is 144 Å². The van der Waals surface area contributed by atoms with Gasteiger partial charge in [0.15, 0.2) is 12.6 Å². The lowest BCUT2D eigenvalue weighted by atomic mass is 9.96. The number of hydrogen-bond acceptors (Lipinski definition) is 13. The number of ether oxygens (including phenoxy) is 11. The fourth-order valence-electron chi connectivity index (χ4n) is 7.81. The molecule has 2 aromatic rings. The second-order valence-corrected chi connectivity index (χ2v) is 17.6. The van der Waals surface area contributed by atoms with Gasteiger partial charge >= 0.3 is 6.09 Å². The normalized spacial score (nSPS) is 25.3. The van der Waals surface area contributed by atoms with Gasteiger partial charge in [0.25, 0.3) is 0 Å². The quantitative estimate of drug-likeness (QED) is 0.0649. The molecular weight excluding hydrogens is 859 g/mol. The van der Waals surface area contributed by atoms with Gasteiger partial charge in [-0.2, -0.15) is 0 Å². The van der Waals surface area contributed by atoms with Crippen molar-refractivity contribution in [3.05, 3.63) is 71.8 Å². The van der Waals surface area contributed by atoms with E-state index in [1.165, 1.54) is 0 Å². The highest BCUT2D eigenvalue weighted by molar-refractivity contribution is 5.67. The first-order valence-corrected chi connectivity index (χ1v) is 25.8. The van der Waals surface area contributed by atoms with E-state index in [-0.39, 0.29) is 33.0 Å². The molecule has 0 radical (unpaired) electrons. The number of carbonyl (C=O) groups excluding carboxylic acids is 1. The third-order valence-corrected chi connectivity index (χ3v) is 11.9. The van der Waals surface area contributed by atoms with E-state index < -0.39 is 67.5 Å². The van der Waals surface area contributed by atoms with Crippen molar-refractivity contribution in [3.63, 3.8) is 0 Å². The number of aliphatic hydroxyl groups is 1. The molecule has 10 atom stereocenters. The molecule has 2 aliphatic rings. The van der Waals surface area contributed by atoms with Gasteiger partial charge in [-0.25, -0.2) is 4.79 Å². The molecule has 67 heavy (non-hydrogen) atoms. The molecule has 14 nitrogen and oxygen atoms in total. The molecule has 0 spiro atoms. The summed E-state index contributed by atoms with van der Waals surface area (Å²) in [6, 6.07) is 19.5. The number of aliphatic hydroxyl groups excluding tert-OH is 1. The summed E-state index contributed by atoms with van der Waals surface area (Å²) in [6.45, 7) is 16.7. The van der Waals surface area contributed by atoms with Crippen LogP contribution in [0.3, 0.4) is 0 Å². The first-order valence-electron chi connectivity index (χ1n) is 25.8. The van der Waals surface area contributed by atoms with Crippen LogP contribution < -0.4 is 0 Å². The molecule has 2 fully saturated rings. The van der Waals surface area contributed by atoms with Gasteiger partial charge in [-0.15, -0.1) is 0 Å². The average molecular weight is 946 g/mol. The highest BCUT2D eigenvalue weighted by Crippen LogP contribution is 2.35. The summed E-state index contributed by atoms with van der Waals surface area (Å²) in [7, 11) is 0. The van der Waals surface area contributed by atoms with Crippen molar-refractivity contribution in [1.29, 1.82) is 0 Å². The van der Waals surface area contributed by atoms with E-state index in [4.69, 9.17) is 52.1 Å². The van der Waals surface area contributed by atoms with Gasteiger partial charge < -0.3 is 62.1 Å². The van der Waals surface area contributed by atoms with Crippen molar-refractivity contribution in [2.24, 2.45) is 0 Å². The van der Waals surface area contributed by atoms with E-state index in [1.807, 2.05) is 60.7 Å². The minimum atomic E-state index is -1.02. The van der Waals surface area contributed by atoms with Crippen molar-refractivity contribution in [3.8, 4) is 0 Å². The van der Waals surface area contributed by atoms with Crippen molar-refractivity contribution in [2.75, 3.05) is 66.0 Å². The maximum Gasteiger partial charge on any atom is 0.410 e. The first-order chi connectivity index (χ1) is 32.9. The van der Waals surface area contributed by atoms with Crippen molar-refractivity contribution in [1.82, 2.24) is 4.90 Å². The number of benzene rings is 2. The van der Waals surface area contributed by atoms with Crippen LogP contribution in [0.15, 0.2) is 60.7 Å². The Bertz CT molecular complexity index is 1510. The molecule has 2 heterocycles. The summed E-state index contributed by atoms with van der Waals surface area (Å²) < 4.78 is 72.4. The zero-order valence-corrected chi connectivity index (χ0v) is 41.8. The molecule has 4 rings (SSSR count). The van der Waals surface area contributed by atoms with Gasteiger partial charge in [-0.05, 0) is 49.7 Å². The predicted molar refractivity (Wildman–Crippen MR) is 258 cm³/mol. The summed E-state index contributed by atoms with van der Waals surface area (Å²) in [4.78, 5) is 15.4. The molecule has 1 N–H and O–H groups in total. The van der Waals surface area contributed by atoms with E-state index in [1.54, 1.807) is 4.90 Å². The number of carbonyl (C=O) groups is 1. The Hall–Kier alpha value is -2.73. The minimum absolute atomic E-state index is 0.121. The van der Waals surface area contributed by atoms with Crippen LogP contribution in [0.1, 0.15) is 130 Å². The Morgan fingerprint density at radius 3 is 1.54 bits per heavy atom. The molecule has 0 aromatic heterocycles. The molecule has 0 saturated carbocycles. The highest BCUT2D eigenvalue weighted by atomic mass is 16.8. The topological polar surface area (TPSA) is 142 Å². The molecule has 14 heteroatoms. The average Bonchev–Trinajstić information content (AvgIpc) is 3.34. The largest absolute Gasteiger partial charge is 0.445 e. The third-order valence-electron chi connectivity index (χ3n) is 11.9. The van der Waals surface area contributed by atoms with Crippen LogP contribution in [0, 0.1) is 0 Å². The number of hydrogen-bond donors (Lipinski definition) is 1. The van der Waals surface area contributed by atoms with E-state index in [9.17, 15) is 9.90 Å². The van der Waals surface area contributed by atoms with E-state index in [2.05, 4.69) is 41.5 Å². The number of nitrogens with zero attached hydrogens (tertiary/aromatic N) is 1. The lowest BCUT2D eigenvalue weighted by molar-refractivity contribution is -0.372. The van der Waals surface area contributed by atoms with Gasteiger partial charge in [0.05, 0.1) is 19.8 Å². The Kier molecular flexibility index (Phi) is 29.3. The molecule has 0 aliphatic carbocycles. The SMILES string of the molecule is CCCCOCC1O[C@H](O[C@H]2C(COCCCC)O[C@H](OCCN(Cc3ccccc3)C(=O)OCc3ccccc3)C(OCCCC)[C@H]2OCCCC)C(OCCCC)[C@@H](OCCCC)[C@@H]1O. The summed E-state index contributed by atoms with van der Waals surface area (Å²) in [6.07, 6.45) is 2.19. The number of amides is 1. The Balaban J connectivity index is 1.68. The van der Waals surface area contributed by atoms with Gasteiger partial charge in [0, 0.05) is 52.7 Å². The molecule has 382 valence electrons. The Labute approximate surface area is 402 Å². The van der Waals surface area contributed by atoms with Crippen molar-refractivity contribution in [2.45, 2.75) is 193 Å². The highest BCUT2D eigenvalue weighted by Gasteiger charge is 2.54. The van der Waals surface area contributed by atoms with Crippen LogP contribution in [0.5, 0.6) is 0 Å². The summed E-state index contributed by atoms with van der Waals surface area (Å²) in [5, 5.41) is 11.9. The first kappa shape index (κ1) is 56.9. The van der Waals surface area contributed by atoms with Gasteiger partial charge in [0.1, 0.15) is 55.4 Å². The second-order valence-electron chi connectivity index (χ2n) is 17.6.